The zero-order chi connectivity index (χ0) is 13.8. The highest BCUT2D eigenvalue weighted by atomic mass is 15.2. The summed E-state index contributed by atoms with van der Waals surface area (Å²) >= 11 is 0. The van der Waals surface area contributed by atoms with Crippen LogP contribution in [-0.4, -0.2) is 36.1 Å². The molecule has 0 amide bonds. The smallest absolute Gasteiger partial charge is 0.00962 e. The minimum Gasteiger partial charge on any atom is -0.314 e. The lowest BCUT2D eigenvalue weighted by atomic mass is 9.86. The first-order valence-corrected chi connectivity index (χ1v) is 7.91. The van der Waals surface area contributed by atoms with Crippen LogP contribution in [0.2, 0.25) is 0 Å². The van der Waals surface area contributed by atoms with E-state index in [1.54, 1.807) is 0 Å². The molecule has 1 aliphatic heterocycles. The van der Waals surface area contributed by atoms with Gasteiger partial charge >= 0.3 is 0 Å². The molecule has 0 spiro atoms. The lowest BCUT2D eigenvalue weighted by molar-refractivity contribution is 0.111. The summed E-state index contributed by atoms with van der Waals surface area (Å²) < 4.78 is 0. The van der Waals surface area contributed by atoms with Crippen molar-refractivity contribution in [3.05, 3.63) is 0 Å². The molecule has 0 aromatic heterocycles. The summed E-state index contributed by atoms with van der Waals surface area (Å²) in [5.74, 6) is 0. The third kappa shape index (κ3) is 4.24. The highest BCUT2D eigenvalue weighted by molar-refractivity contribution is 4.90. The summed E-state index contributed by atoms with van der Waals surface area (Å²) in [6.45, 7) is 16.4. The quantitative estimate of drug-likeness (QED) is 0.746. The monoisotopic (exact) mass is 254 g/mol. The maximum Gasteiger partial charge on any atom is 0.00962 e. The summed E-state index contributed by atoms with van der Waals surface area (Å²) in [6.07, 6.45) is 5.35. The van der Waals surface area contributed by atoms with Crippen molar-refractivity contribution < 1.29 is 0 Å². The van der Waals surface area contributed by atoms with E-state index in [0.29, 0.717) is 11.5 Å². The molecule has 18 heavy (non-hydrogen) atoms. The molecule has 2 nitrogen and oxygen atoms in total. The minimum atomic E-state index is 0.413. The van der Waals surface area contributed by atoms with E-state index in [-0.39, 0.29) is 0 Å². The predicted octanol–water partition coefficient (Wildman–Crippen LogP) is 3.66. The fourth-order valence-electron chi connectivity index (χ4n) is 3.03. The Morgan fingerprint density at radius 1 is 1.28 bits per heavy atom. The van der Waals surface area contributed by atoms with E-state index in [2.05, 4.69) is 51.8 Å². The average molecular weight is 254 g/mol. The zero-order valence-electron chi connectivity index (χ0n) is 13.4. The lowest BCUT2D eigenvalue weighted by Crippen LogP contribution is -2.47. The van der Waals surface area contributed by atoms with Crippen LogP contribution in [0.15, 0.2) is 0 Å². The Bertz CT molecular complexity index is 239. The van der Waals surface area contributed by atoms with Crippen molar-refractivity contribution in [3.63, 3.8) is 0 Å². The first-order valence-electron chi connectivity index (χ1n) is 7.91. The Hall–Kier alpha value is -0.0800. The molecule has 1 N–H and O–H groups in total. The van der Waals surface area contributed by atoms with Crippen molar-refractivity contribution >= 4 is 0 Å². The number of hydrogen-bond acceptors (Lipinski definition) is 2. The molecule has 2 heteroatoms. The average Bonchev–Trinajstić information content (AvgIpc) is 2.68. The first-order chi connectivity index (χ1) is 8.41. The van der Waals surface area contributed by atoms with Gasteiger partial charge in [0.15, 0.2) is 0 Å². The molecule has 3 atom stereocenters. The molecule has 0 aromatic rings. The summed E-state index contributed by atoms with van der Waals surface area (Å²) in [4.78, 5) is 2.77. The highest BCUT2D eigenvalue weighted by Gasteiger charge is 2.34. The van der Waals surface area contributed by atoms with Gasteiger partial charge in [-0.15, -0.1) is 0 Å². The Kier molecular flexibility index (Phi) is 6.13. The van der Waals surface area contributed by atoms with Gasteiger partial charge in [-0.2, -0.15) is 0 Å². The van der Waals surface area contributed by atoms with Crippen LogP contribution in [0.5, 0.6) is 0 Å². The second-order valence-electron chi connectivity index (χ2n) is 6.86. The van der Waals surface area contributed by atoms with Gasteiger partial charge in [0.05, 0.1) is 0 Å². The summed E-state index contributed by atoms with van der Waals surface area (Å²) in [7, 11) is 0. The van der Waals surface area contributed by atoms with Crippen molar-refractivity contribution in [2.75, 3.05) is 13.1 Å². The van der Waals surface area contributed by atoms with E-state index < -0.39 is 0 Å². The standard InChI is InChI=1S/C16H34N2/c1-7-15-10-9-14(5)18(15)12-16(6,8-2)11-17-13(3)4/h13-15,17H,7-12H2,1-6H3. The summed E-state index contributed by atoms with van der Waals surface area (Å²) in [5.41, 5.74) is 0.413. The largest absolute Gasteiger partial charge is 0.314 e. The Balaban J connectivity index is 2.59. The topological polar surface area (TPSA) is 15.3 Å². The van der Waals surface area contributed by atoms with Crippen LogP contribution in [0, 0.1) is 5.41 Å². The summed E-state index contributed by atoms with van der Waals surface area (Å²) in [6, 6.07) is 2.19. The van der Waals surface area contributed by atoms with Gasteiger partial charge in [-0.1, -0.05) is 34.6 Å². The van der Waals surface area contributed by atoms with Gasteiger partial charge in [0.25, 0.3) is 0 Å². The maximum atomic E-state index is 3.63. The van der Waals surface area contributed by atoms with Gasteiger partial charge in [-0.25, -0.2) is 0 Å². The van der Waals surface area contributed by atoms with E-state index in [4.69, 9.17) is 0 Å². The van der Waals surface area contributed by atoms with E-state index in [1.807, 2.05) is 0 Å². The second-order valence-corrected chi connectivity index (χ2v) is 6.86. The van der Waals surface area contributed by atoms with E-state index in [1.165, 1.54) is 32.2 Å². The molecule has 1 saturated heterocycles. The van der Waals surface area contributed by atoms with Crippen molar-refractivity contribution in [3.8, 4) is 0 Å². The molecular weight excluding hydrogens is 220 g/mol. The fraction of sp³-hybridized carbons (Fsp3) is 1.00. The van der Waals surface area contributed by atoms with Crippen LogP contribution in [0.1, 0.15) is 67.2 Å². The number of nitrogens with zero attached hydrogens (tertiary/aromatic N) is 1. The Morgan fingerprint density at radius 2 is 1.94 bits per heavy atom. The van der Waals surface area contributed by atoms with Gasteiger partial charge in [-0.05, 0) is 38.0 Å². The number of nitrogens with one attached hydrogen (secondary N) is 1. The number of hydrogen-bond donors (Lipinski definition) is 1. The van der Waals surface area contributed by atoms with Gasteiger partial charge in [0.2, 0.25) is 0 Å². The number of likely N-dealkylation sites (tertiary alicyclic amines) is 1. The molecule has 0 aliphatic carbocycles. The van der Waals surface area contributed by atoms with Gasteiger partial charge < -0.3 is 5.32 Å². The van der Waals surface area contributed by atoms with E-state index >= 15 is 0 Å². The Morgan fingerprint density at radius 3 is 2.44 bits per heavy atom. The van der Waals surface area contributed by atoms with Crippen LogP contribution in [0.25, 0.3) is 0 Å². The van der Waals surface area contributed by atoms with Gasteiger partial charge in [0, 0.05) is 31.2 Å². The molecule has 0 aromatic carbocycles. The van der Waals surface area contributed by atoms with E-state index in [9.17, 15) is 0 Å². The molecule has 3 unspecified atom stereocenters. The first kappa shape index (κ1) is 16.0. The molecule has 0 saturated carbocycles. The molecule has 0 radical (unpaired) electrons. The molecule has 1 heterocycles. The van der Waals surface area contributed by atoms with Crippen LogP contribution in [0.4, 0.5) is 0 Å². The third-order valence-electron chi connectivity index (χ3n) is 4.78. The predicted molar refractivity (Wildman–Crippen MR) is 81.0 cm³/mol. The van der Waals surface area contributed by atoms with Crippen LogP contribution in [0.3, 0.4) is 0 Å². The zero-order valence-corrected chi connectivity index (χ0v) is 13.4. The number of rotatable bonds is 7. The van der Waals surface area contributed by atoms with Crippen LogP contribution in [-0.2, 0) is 0 Å². The lowest BCUT2D eigenvalue weighted by Gasteiger charge is -2.38. The normalized spacial score (nSPS) is 28.8. The molecule has 1 aliphatic rings. The van der Waals surface area contributed by atoms with Crippen LogP contribution >= 0.6 is 0 Å². The molecule has 108 valence electrons. The van der Waals surface area contributed by atoms with Crippen molar-refractivity contribution in [2.24, 2.45) is 5.41 Å². The van der Waals surface area contributed by atoms with Crippen LogP contribution < -0.4 is 5.32 Å². The van der Waals surface area contributed by atoms with Crippen molar-refractivity contribution in [1.29, 1.82) is 0 Å². The molecule has 0 bridgehead atoms. The molecule has 1 rings (SSSR count). The summed E-state index contributed by atoms with van der Waals surface area (Å²) in [5, 5.41) is 3.63. The maximum absolute atomic E-state index is 3.63. The minimum absolute atomic E-state index is 0.413. The van der Waals surface area contributed by atoms with Crippen molar-refractivity contribution in [2.45, 2.75) is 85.4 Å². The molecule has 1 fully saturated rings. The molecular formula is C16H34N2. The van der Waals surface area contributed by atoms with E-state index in [0.717, 1.165) is 18.6 Å². The Labute approximate surface area is 115 Å². The van der Waals surface area contributed by atoms with Gasteiger partial charge in [-0.3, -0.25) is 4.90 Å². The SMILES string of the molecule is CCC1CCC(C)N1CC(C)(CC)CNC(C)C. The van der Waals surface area contributed by atoms with Crippen molar-refractivity contribution in [1.82, 2.24) is 10.2 Å². The third-order valence-corrected chi connectivity index (χ3v) is 4.78. The highest BCUT2D eigenvalue weighted by Crippen LogP contribution is 2.31. The second kappa shape index (κ2) is 6.91. The van der Waals surface area contributed by atoms with Gasteiger partial charge in [0.1, 0.15) is 0 Å². The fourth-order valence-corrected chi connectivity index (χ4v) is 3.03.